The van der Waals surface area contributed by atoms with Crippen LogP contribution in [0.1, 0.15) is 18.5 Å². The average molecular weight is 333 g/mol. The summed E-state index contributed by atoms with van der Waals surface area (Å²) < 4.78 is 46.7. The maximum absolute atomic E-state index is 13.4. The first kappa shape index (κ1) is 18.6. The number of aryl methyl sites for hydroxylation is 1. The molecule has 0 aliphatic rings. The molecule has 0 fully saturated rings. The van der Waals surface area contributed by atoms with Crippen LogP contribution in [0.25, 0.3) is 11.3 Å². The van der Waals surface area contributed by atoms with E-state index in [-0.39, 0.29) is 11.9 Å². The van der Waals surface area contributed by atoms with Crippen molar-refractivity contribution in [2.24, 2.45) is 12.8 Å². The summed E-state index contributed by atoms with van der Waals surface area (Å²) in [4.78, 5) is 8.90. The van der Waals surface area contributed by atoms with Gasteiger partial charge < -0.3 is 10.8 Å². The second kappa shape index (κ2) is 7.23. The second-order valence-electron chi connectivity index (χ2n) is 4.68. The fourth-order valence-electron chi connectivity index (χ4n) is 1.68. The van der Waals surface area contributed by atoms with Crippen molar-refractivity contribution >= 4 is 5.97 Å². The summed E-state index contributed by atoms with van der Waals surface area (Å²) >= 11 is 0. The lowest BCUT2D eigenvalue weighted by molar-refractivity contribution is -0.192. The standard InChI is InChI=1S/C12H14FN3.C2HF3O2/c1-8(14)9-3-5-10(6-4-9)12-11(13)7-15-16(12)2;3-2(4,5)1(6)7/h3-8H,14H2,1-2H3;(H,6,7). The average Bonchev–Trinajstić information content (AvgIpc) is 2.78. The summed E-state index contributed by atoms with van der Waals surface area (Å²) in [6.07, 6.45) is -3.87. The quantitative estimate of drug-likeness (QED) is 0.828. The first-order valence-electron chi connectivity index (χ1n) is 6.37. The summed E-state index contributed by atoms with van der Waals surface area (Å²) in [6.45, 7) is 1.92. The highest BCUT2D eigenvalue weighted by Crippen LogP contribution is 2.23. The molecule has 0 saturated carbocycles. The molecule has 1 unspecified atom stereocenters. The lowest BCUT2D eigenvalue weighted by atomic mass is 10.1. The monoisotopic (exact) mass is 333 g/mol. The third-order valence-corrected chi connectivity index (χ3v) is 2.85. The molecule has 2 aromatic rings. The normalized spacial score (nSPS) is 12.3. The molecule has 9 heteroatoms. The molecule has 2 rings (SSSR count). The molecule has 0 aliphatic heterocycles. The minimum Gasteiger partial charge on any atom is -0.475 e. The fraction of sp³-hybridized carbons (Fsp3) is 0.286. The Morgan fingerprint density at radius 1 is 1.30 bits per heavy atom. The van der Waals surface area contributed by atoms with E-state index in [1.54, 1.807) is 7.05 Å². The van der Waals surface area contributed by atoms with Crippen molar-refractivity contribution in [1.29, 1.82) is 0 Å². The molecule has 0 radical (unpaired) electrons. The Balaban J connectivity index is 0.000000322. The molecule has 1 aromatic heterocycles. The van der Waals surface area contributed by atoms with E-state index in [9.17, 15) is 17.6 Å². The predicted octanol–water partition coefficient (Wildman–Crippen LogP) is 2.88. The number of alkyl halides is 3. The van der Waals surface area contributed by atoms with Crippen molar-refractivity contribution in [2.75, 3.05) is 0 Å². The molecule has 0 aliphatic carbocycles. The fourth-order valence-corrected chi connectivity index (χ4v) is 1.68. The summed E-state index contributed by atoms with van der Waals surface area (Å²) in [6, 6.07) is 7.53. The Labute approximate surface area is 129 Å². The maximum atomic E-state index is 13.4. The van der Waals surface area contributed by atoms with Crippen molar-refractivity contribution in [3.05, 3.63) is 41.8 Å². The number of aromatic nitrogens is 2. The third-order valence-electron chi connectivity index (χ3n) is 2.85. The van der Waals surface area contributed by atoms with Gasteiger partial charge in [0.05, 0.1) is 6.20 Å². The molecule has 23 heavy (non-hydrogen) atoms. The summed E-state index contributed by atoms with van der Waals surface area (Å²) in [5.41, 5.74) is 8.09. The van der Waals surface area contributed by atoms with Crippen LogP contribution in [0.3, 0.4) is 0 Å². The van der Waals surface area contributed by atoms with Crippen molar-refractivity contribution in [3.63, 3.8) is 0 Å². The predicted molar refractivity (Wildman–Crippen MR) is 74.9 cm³/mol. The molecule has 0 spiro atoms. The number of nitrogens with zero attached hydrogens (tertiary/aromatic N) is 2. The lowest BCUT2D eigenvalue weighted by Gasteiger charge is -2.07. The number of benzene rings is 1. The second-order valence-corrected chi connectivity index (χ2v) is 4.68. The Hall–Kier alpha value is -2.42. The summed E-state index contributed by atoms with van der Waals surface area (Å²) in [5, 5.41) is 11.0. The van der Waals surface area contributed by atoms with Crippen LogP contribution in [0.2, 0.25) is 0 Å². The van der Waals surface area contributed by atoms with E-state index in [1.807, 2.05) is 31.2 Å². The molecule has 3 N–H and O–H groups in total. The minimum atomic E-state index is -5.08. The summed E-state index contributed by atoms with van der Waals surface area (Å²) in [5.74, 6) is -3.07. The van der Waals surface area contributed by atoms with E-state index in [0.717, 1.165) is 11.1 Å². The number of halogens is 4. The van der Waals surface area contributed by atoms with Crippen LogP contribution in [-0.2, 0) is 11.8 Å². The van der Waals surface area contributed by atoms with E-state index in [1.165, 1.54) is 10.9 Å². The van der Waals surface area contributed by atoms with Gasteiger partial charge in [0, 0.05) is 18.7 Å². The van der Waals surface area contributed by atoms with E-state index < -0.39 is 12.1 Å². The molecule has 5 nitrogen and oxygen atoms in total. The number of aliphatic carboxylic acids is 1. The molecular formula is C14H15F4N3O2. The topological polar surface area (TPSA) is 81.1 Å². The Morgan fingerprint density at radius 2 is 1.78 bits per heavy atom. The van der Waals surface area contributed by atoms with E-state index in [4.69, 9.17) is 15.6 Å². The van der Waals surface area contributed by atoms with Crippen LogP contribution in [-0.4, -0.2) is 27.0 Å². The smallest absolute Gasteiger partial charge is 0.475 e. The molecule has 0 saturated heterocycles. The molecule has 126 valence electrons. The lowest BCUT2D eigenvalue weighted by Crippen LogP contribution is -2.21. The Morgan fingerprint density at radius 3 is 2.09 bits per heavy atom. The van der Waals surface area contributed by atoms with Crippen LogP contribution >= 0.6 is 0 Å². The van der Waals surface area contributed by atoms with Crippen molar-refractivity contribution in [2.45, 2.75) is 19.1 Å². The van der Waals surface area contributed by atoms with Crippen LogP contribution in [0.4, 0.5) is 17.6 Å². The van der Waals surface area contributed by atoms with E-state index in [2.05, 4.69) is 5.10 Å². The highest BCUT2D eigenvalue weighted by Gasteiger charge is 2.38. The number of hydrogen-bond donors (Lipinski definition) is 2. The largest absolute Gasteiger partial charge is 0.490 e. The van der Waals surface area contributed by atoms with E-state index >= 15 is 0 Å². The Bertz CT molecular complexity index is 644. The zero-order chi connectivity index (χ0) is 17.8. The van der Waals surface area contributed by atoms with Gasteiger partial charge in [-0.3, -0.25) is 4.68 Å². The van der Waals surface area contributed by atoms with Crippen LogP contribution in [0, 0.1) is 5.82 Å². The first-order valence-corrected chi connectivity index (χ1v) is 6.37. The van der Waals surface area contributed by atoms with Gasteiger partial charge >= 0.3 is 12.1 Å². The number of carboxylic acid groups (broad SMARTS) is 1. The van der Waals surface area contributed by atoms with Gasteiger partial charge in [0.25, 0.3) is 0 Å². The van der Waals surface area contributed by atoms with Crippen LogP contribution in [0.15, 0.2) is 30.5 Å². The number of nitrogens with two attached hydrogens (primary N) is 1. The van der Waals surface area contributed by atoms with Crippen LogP contribution < -0.4 is 5.73 Å². The van der Waals surface area contributed by atoms with Gasteiger partial charge in [0.1, 0.15) is 5.69 Å². The molecule has 0 amide bonds. The number of hydrogen-bond acceptors (Lipinski definition) is 3. The van der Waals surface area contributed by atoms with E-state index in [0.29, 0.717) is 5.69 Å². The van der Waals surface area contributed by atoms with Gasteiger partial charge in [0.15, 0.2) is 5.82 Å². The van der Waals surface area contributed by atoms with Crippen molar-refractivity contribution < 1.29 is 27.5 Å². The Kier molecular flexibility index (Phi) is 5.85. The molecule has 1 atom stereocenters. The molecule has 1 aromatic carbocycles. The van der Waals surface area contributed by atoms with Gasteiger partial charge in [-0.25, -0.2) is 9.18 Å². The SMILES string of the molecule is CC(N)c1ccc(-c2c(F)cnn2C)cc1.O=C(O)C(F)(F)F. The van der Waals surface area contributed by atoms with Crippen molar-refractivity contribution in [3.8, 4) is 11.3 Å². The summed E-state index contributed by atoms with van der Waals surface area (Å²) in [7, 11) is 1.72. The van der Waals surface area contributed by atoms with Gasteiger partial charge in [-0.2, -0.15) is 18.3 Å². The molecule has 0 bridgehead atoms. The van der Waals surface area contributed by atoms with Crippen LogP contribution in [0.5, 0.6) is 0 Å². The first-order chi connectivity index (χ1) is 10.5. The zero-order valence-electron chi connectivity index (χ0n) is 12.3. The molecule has 1 heterocycles. The number of carbonyl (C=O) groups is 1. The minimum absolute atomic E-state index is 0.00886. The number of carboxylic acids is 1. The number of rotatable bonds is 2. The maximum Gasteiger partial charge on any atom is 0.490 e. The van der Waals surface area contributed by atoms with Gasteiger partial charge in [-0.05, 0) is 12.5 Å². The zero-order valence-corrected chi connectivity index (χ0v) is 12.3. The molecular weight excluding hydrogens is 318 g/mol. The van der Waals surface area contributed by atoms with Gasteiger partial charge in [-0.15, -0.1) is 0 Å². The van der Waals surface area contributed by atoms with Crippen molar-refractivity contribution in [1.82, 2.24) is 9.78 Å². The third kappa shape index (κ3) is 5.06. The van der Waals surface area contributed by atoms with Gasteiger partial charge in [-0.1, -0.05) is 24.3 Å². The highest BCUT2D eigenvalue weighted by atomic mass is 19.4. The highest BCUT2D eigenvalue weighted by molar-refractivity contribution is 5.73. The van der Waals surface area contributed by atoms with Gasteiger partial charge in [0.2, 0.25) is 0 Å².